The molecule has 1 aromatic rings. The van der Waals surface area contributed by atoms with Crippen LogP contribution in [0, 0.1) is 5.92 Å². The molecule has 1 fully saturated rings. The first-order valence-electron chi connectivity index (χ1n) is 6.46. The first kappa shape index (κ1) is 12.7. The standard InChI is InChI=1S/C14H17NO3S/c1-15-11-3-2-8(16)6-9(11)13(14(17)18)10-7-19-5-4-12(10)15/h2-3,6,10,12-13,16H,4-5,7H2,1H3,(H,17,18). The third kappa shape index (κ3) is 1.96. The molecule has 3 atom stereocenters. The van der Waals surface area contributed by atoms with Gasteiger partial charge >= 0.3 is 5.97 Å². The number of benzene rings is 1. The van der Waals surface area contributed by atoms with Gasteiger partial charge in [0, 0.05) is 24.7 Å². The molecule has 1 saturated heterocycles. The molecule has 2 aliphatic rings. The van der Waals surface area contributed by atoms with Gasteiger partial charge in [-0.25, -0.2) is 0 Å². The van der Waals surface area contributed by atoms with Crippen LogP contribution in [0.3, 0.4) is 0 Å². The summed E-state index contributed by atoms with van der Waals surface area (Å²) in [6.07, 6.45) is 1.02. The third-order valence-corrected chi connectivity index (χ3v) is 5.43. The lowest BCUT2D eigenvalue weighted by Crippen LogP contribution is -2.50. The number of carboxylic acids is 1. The predicted molar refractivity (Wildman–Crippen MR) is 76.1 cm³/mol. The molecule has 4 nitrogen and oxygen atoms in total. The van der Waals surface area contributed by atoms with Crippen molar-refractivity contribution in [3.63, 3.8) is 0 Å². The monoisotopic (exact) mass is 279 g/mol. The zero-order valence-electron chi connectivity index (χ0n) is 10.7. The molecule has 0 aliphatic carbocycles. The highest BCUT2D eigenvalue weighted by atomic mass is 32.2. The number of anilines is 1. The van der Waals surface area contributed by atoms with E-state index < -0.39 is 11.9 Å². The fourth-order valence-corrected chi connectivity index (χ4v) is 4.65. The molecule has 2 N–H and O–H groups in total. The average molecular weight is 279 g/mol. The molecule has 19 heavy (non-hydrogen) atoms. The number of hydrogen-bond donors (Lipinski definition) is 2. The van der Waals surface area contributed by atoms with E-state index in [2.05, 4.69) is 4.90 Å². The minimum Gasteiger partial charge on any atom is -0.508 e. The molecule has 0 spiro atoms. The summed E-state index contributed by atoms with van der Waals surface area (Å²) in [7, 11) is 2.03. The summed E-state index contributed by atoms with van der Waals surface area (Å²) in [6, 6.07) is 5.37. The maximum atomic E-state index is 11.7. The minimum atomic E-state index is -0.780. The number of thioether (sulfide) groups is 1. The number of fused-ring (bicyclic) bond motifs is 2. The lowest BCUT2D eigenvalue weighted by atomic mass is 9.76. The predicted octanol–water partition coefficient (Wildman–Crippen LogP) is 2.13. The molecular formula is C14H17NO3S. The summed E-state index contributed by atoms with van der Waals surface area (Å²) in [4.78, 5) is 13.9. The van der Waals surface area contributed by atoms with Crippen LogP contribution in [-0.2, 0) is 4.79 Å². The smallest absolute Gasteiger partial charge is 0.311 e. The van der Waals surface area contributed by atoms with Crippen LogP contribution >= 0.6 is 11.8 Å². The Morgan fingerprint density at radius 1 is 1.47 bits per heavy atom. The Balaban J connectivity index is 2.13. The fourth-order valence-electron chi connectivity index (χ4n) is 3.39. The molecule has 3 unspecified atom stereocenters. The van der Waals surface area contributed by atoms with Gasteiger partial charge in [0.1, 0.15) is 5.75 Å². The van der Waals surface area contributed by atoms with E-state index in [1.807, 2.05) is 24.9 Å². The van der Waals surface area contributed by atoms with Gasteiger partial charge in [0.2, 0.25) is 0 Å². The van der Waals surface area contributed by atoms with E-state index in [0.29, 0.717) is 6.04 Å². The van der Waals surface area contributed by atoms with Crippen LogP contribution in [0.4, 0.5) is 5.69 Å². The number of phenols is 1. The number of carbonyl (C=O) groups is 1. The number of aliphatic carboxylic acids is 1. The molecule has 0 radical (unpaired) electrons. The highest BCUT2D eigenvalue weighted by molar-refractivity contribution is 7.99. The zero-order chi connectivity index (χ0) is 13.6. The van der Waals surface area contributed by atoms with Gasteiger partial charge in [-0.05, 0) is 41.7 Å². The molecule has 0 bridgehead atoms. The number of rotatable bonds is 1. The highest BCUT2D eigenvalue weighted by Crippen LogP contribution is 2.47. The molecule has 1 aromatic carbocycles. The molecule has 102 valence electrons. The van der Waals surface area contributed by atoms with Crippen LogP contribution < -0.4 is 4.90 Å². The van der Waals surface area contributed by atoms with Crippen LogP contribution in [0.2, 0.25) is 0 Å². The Morgan fingerprint density at radius 3 is 3.00 bits per heavy atom. The van der Waals surface area contributed by atoms with E-state index in [9.17, 15) is 15.0 Å². The summed E-state index contributed by atoms with van der Waals surface area (Å²) in [5, 5.41) is 19.2. The maximum Gasteiger partial charge on any atom is 0.311 e. The van der Waals surface area contributed by atoms with Crippen molar-refractivity contribution < 1.29 is 15.0 Å². The summed E-state index contributed by atoms with van der Waals surface area (Å²) in [6.45, 7) is 0. The molecule has 0 amide bonds. The van der Waals surface area contributed by atoms with Crippen LogP contribution in [0.25, 0.3) is 0 Å². The van der Waals surface area contributed by atoms with Crippen molar-refractivity contribution in [2.45, 2.75) is 18.4 Å². The average Bonchev–Trinajstić information content (AvgIpc) is 2.38. The van der Waals surface area contributed by atoms with E-state index in [0.717, 1.165) is 29.2 Å². The summed E-state index contributed by atoms with van der Waals surface area (Å²) in [5.41, 5.74) is 1.69. The SMILES string of the molecule is CN1c2ccc(O)cc2C(C(=O)O)C2CSCCC21. The summed E-state index contributed by atoms with van der Waals surface area (Å²) in [5.74, 6) is 0.941. The number of hydrogen-bond acceptors (Lipinski definition) is 4. The molecule has 5 heteroatoms. The normalized spacial score (nSPS) is 29.5. The molecule has 0 aromatic heterocycles. The van der Waals surface area contributed by atoms with E-state index >= 15 is 0 Å². The van der Waals surface area contributed by atoms with Gasteiger partial charge in [-0.2, -0.15) is 11.8 Å². The van der Waals surface area contributed by atoms with Crippen molar-refractivity contribution >= 4 is 23.4 Å². The van der Waals surface area contributed by atoms with Crippen LogP contribution in [0.1, 0.15) is 17.9 Å². The van der Waals surface area contributed by atoms with Crippen LogP contribution in [0.15, 0.2) is 18.2 Å². The Kier molecular flexibility index (Phi) is 3.09. The third-order valence-electron chi connectivity index (χ3n) is 4.28. The van der Waals surface area contributed by atoms with Crippen molar-refractivity contribution in [1.29, 1.82) is 0 Å². The Bertz CT molecular complexity index is 519. The van der Waals surface area contributed by atoms with Crippen LogP contribution in [0.5, 0.6) is 5.75 Å². The van der Waals surface area contributed by atoms with Crippen LogP contribution in [-0.4, -0.2) is 40.8 Å². The number of aromatic hydroxyl groups is 1. The van der Waals surface area contributed by atoms with Gasteiger partial charge in [-0.3, -0.25) is 4.79 Å². The van der Waals surface area contributed by atoms with Gasteiger partial charge in [0.25, 0.3) is 0 Å². The zero-order valence-corrected chi connectivity index (χ0v) is 11.6. The first-order valence-corrected chi connectivity index (χ1v) is 7.61. The van der Waals surface area contributed by atoms with Gasteiger partial charge in [-0.15, -0.1) is 0 Å². The molecule has 3 rings (SSSR count). The van der Waals surface area contributed by atoms with Crippen molar-refractivity contribution in [2.75, 3.05) is 23.5 Å². The minimum absolute atomic E-state index is 0.121. The van der Waals surface area contributed by atoms with Gasteiger partial charge < -0.3 is 15.1 Å². The number of phenolic OH excluding ortho intramolecular Hbond substituents is 1. The Morgan fingerprint density at radius 2 is 2.26 bits per heavy atom. The van der Waals surface area contributed by atoms with E-state index in [-0.39, 0.29) is 11.7 Å². The fraction of sp³-hybridized carbons (Fsp3) is 0.500. The molecule has 2 aliphatic heterocycles. The van der Waals surface area contributed by atoms with Crippen molar-refractivity contribution in [1.82, 2.24) is 0 Å². The van der Waals surface area contributed by atoms with Crippen molar-refractivity contribution in [3.05, 3.63) is 23.8 Å². The first-order chi connectivity index (χ1) is 9.09. The lowest BCUT2D eigenvalue weighted by molar-refractivity contribution is -0.140. The Hall–Kier alpha value is -1.36. The number of nitrogens with zero attached hydrogens (tertiary/aromatic N) is 1. The largest absolute Gasteiger partial charge is 0.508 e. The van der Waals surface area contributed by atoms with Gasteiger partial charge in [0.05, 0.1) is 5.92 Å². The van der Waals surface area contributed by atoms with Crippen molar-refractivity contribution in [3.8, 4) is 5.75 Å². The van der Waals surface area contributed by atoms with Gasteiger partial charge in [0.15, 0.2) is 0 Å². The Labute approximate surface area is 116 Å². The molecule has 2 heterocycles. The topological polar surface area (TPSA) is 60.8 Å². The quantitative estimate of drug-likeness (QED) is 0.824. The van der Waals surface area contributed by atoms with E-state index in [1.54, 1.807) is 12.1 Å². The van der Waals surface area contributed by atoms with E-state index in [1.165, 1.54) is 0 Å². The maximum absolute atomic E-state index is 11.7. The van der Waals surface area contributed by atoms with E-state index in [4.69, 9.17) is 0 Å². The molecular weight excluding hydrogens is 262 g/mol. The summed E-state index contributed by atoms with van der Waals surface area (Å²) < 4.78 is 0. The second-order valence-corrected chi connectivity index (χ2v) is 6.41. The van der Waals surface area contributed by atoms with Crippen molar-refractivity contribution in [2.24, 2.45) is 5.92 Å². The molecule has 0 saturated carbocycles. The lowest BCUT2D eigenvalue weighted by Gasteiger charge is -2.46. The van der Waals surface area contributed by atoms with Gasteiger partial charge in [-0.1, -0.05) is 0 Å². The number of carboxylic acid groups (broad SMARTS) is 1. The second kappa shape index (κ2) is 4.63. The second-order valence-electron chi connectivity index (χ2n) is 5.26. The highest BCUT2D eigenvalue weighted by Gasteiger charge is 2.44. The summed E-state index contributed by atoms with van der Waals surface area (Å²) >= 11 is 1.83.